The Morgan fingerprint density at radius 2 is 1.88 bits per heavy atom. The van der Waals surface area contributed by atoms with Crippen LogP contribution in [0.1, 0.15) is 46.9 Å². The van der Waals surface area contributed by atoms with E-state index in [0.29, 0.717) is 23.0 Å². The van der Waals surface area contributed by atoms with E-state index in [4.69, 9.17) is 0 Å². The molecule has 1 aromatic heterocycles. The van der Waals surface area contributed by atoms with Gasteiger partial charge in [-0.3, -0.25) is 4.79 Å². The van der Waals surface area contributed by atoms with Crippen LogP contribution in [0.4, 0.5) is 30.6 Å². The number of rotatable bonds is 6. The van der Waals surface area contributed by atoms with Gasteiger partial charge in [-0.2, -0.15) is 18.2 Å². The molecule has 0 radical (unpaired) electrons. The van der Waals surface area contributed by atoms with Gasteiger partial charge in [0.25, 0.3) is 5.91 Å². The molecule has 172 valence electrons. The predicted molar refractivity (Wildman–Crippen MR) is 117 cm³/mol. The molecule has 0 saturated heterocycles. The Bertz CT molecular complexity index is 1180. The van der Waals surface area contributed by atoms with Crippen molar-refractivity contribution in [1.29, 1.82) is 0 Å². The first-order valence-electron chi connectivity index (χ1n) is 10.2. The first kappa shape index (κ1) is 22.5. The molecule has 0 spiro atoms. The maximum absolute atomic E-state index is 13.6. The summed E-state index contributed by atoms with van der Waals surface area (Å²) in [4.78, 5) is 20.0. The summed E-state index contributed by atoms with van der Waals surface area (Å²) in [5, 5.41) is 18.2. The zero-order chi connectivity index (χ0) is 23.8. The number of fused-ring (bicyclic) bond motifs is 1. The van der Waals surface area contributed by atoms with Gasteiger partial charge in [-0.05, 0) is 43.2 Å². The standard InChI is InChI=1S/C23H22F3N5O2/c1-22(2)16-10-14(8-9-15(16)20(33)31-22)28-21-27-11-17(23(24,25)26)19(30-21)29-18(12-32)13-6-4-3-5-7-13/h3-11,18,32H,12H2,1-2H3,(H,31,33)(H2,27,28,29,30). The van der Waals surface area contributed by atoms with E-state index >= 15 is 0 Å². The molecule has 1 aliphatic rings. The van der Waals surface area contributed by atoms with Crippen molar-refractivity contribution in [3.8, 4) is 0 Å². The maximum Gasteiger partial charge on any atom is 0.421 e. The molecule has 33 heavy (non-hydrogen) atoms. The molecule has 1 aliphatic heterocycles. The number of nitrogens with one attached hydrogen (secondary N) is 3. The molecule has 0 saturated carbocycles. The van der Waals surface area contributed by atoms with E-state index in [0.717, 1.165) is 5.56 Å². The summed E-state index contributed by atoms with van der Waals surface area (Å²) in [6.45, 7) is 3.28. The largest absolute Gasteiger partial charge is 0.421 e. The second kappa shape index (κ2) is 8.36. The topological polar surface area (TPSA) is 99.2 Å². The lowest BCUT2D eigenvalue weighted by molar-refractivity contribution is -0.137. The minimum absolute atomic E-state index is 0.0645. The molecule has 3 aromatic rings. The number of hydrogen-bond donors (Lipinski definition) is 4. The number of carbonyl (C=O) groups is 1. The first-order valence-corrected chi connectivity index (χ1v) is 10.2. The molecule has 4 N–H and O–H groups in total. The van der Waals surface area contributed by atoms with Crippen molar-refractivity contribution in [3.05, 3.63) is 77.0 Å². The van der Waals surface area contributed by atoms with Crippen molar-refractivity contribution >= 4 is 23.4 Å². The van der Waals surface area contributed by atoms with Gasteiger partial charge in [0.05, 0.1) is 18.2 Å². The molecule has 0 fully saturated rings. The normalized spacial score (nSPS) is 15.5. The third-order valence-corrected chi connectivity index (χ3v) is 5.41. The van der Waals surface area contributed by atoms with Crippen LogP contribution in [0.3, 0.4) is 0 Å². The number of aliphatic hydroxyl groups excluding tert-OH is 1. The van der Waals surface area contributed by atoms with Crippen LogP contribution in [-0.4, -0.2) is 27.6 Å². The van der Waals surface area contributed by atoms with Crippen molar-refractivity contribution in [2.24, 2.45) is 0 Å². The zero-order valence-corrected chi connectivity index (χ0v) is 17.9. The molecular weight excluding hydrogens is 435 g/mol. The van der Waals surface area contributed by atoms with Gasteiger partial charge in [-0.25, -0.2) is 4.98 Å². The Morgan fingerprint density at radius 1 is 1.15 bits per heavy atom. The van der Waals surface area contributed by atoms with Crippen LogP contribution in [0.2, 0.25) is 0 Å². The molecule has 1 unspecified atom stereocenters. The van der Waals surface area contributed by atoms with E-state index in [1.165, 1.54) is 0 Å². The molecule has 10 heteroatoms. The van der Waals surface area contributed by atoms with E-state index in [1.807, 2.05) is 13.8 Å². The molecule has 0 bridgehead atoms. The minimum Gasteiger partial charge on any atom is -0.394 e. The van der Waals surface area contributed by atoms with Gasteiger partial charge in [-0.1, -0.05) is 30.3 Å². The van der Waals surface area contributed by atoms with E-state index in [-0.39, 0.29) is 11.9 Å². The third-order valence-electron chi connectivity index (χ3n) is 5.41. The van der Waals surface area contributed by atoms with Crippen molar-refractivity contribution in [2.75, 3.05) is 17.2 Å². The lowest BCUT2D eigenvalue weighted by Crippen LogP contribution is -2.32. The smallest absolute Gasteiger partial charge is 0.394 e. The van der Waals surface area contributed by atoms with Gasteiger partial charge >= 0.3 is 6.18 Å². The number of benzene rings is 2. The number of alkyl halides is 3. The highest BCUT2D eigenvalue weighted by molar-refractivity contribution is 6.00. The summed E-state index contributed by atoms with van der Waals surface area (Å²) in [6.07, 6.45) is -4.00. The Labute approximate surface area is 188 Å². The zero-order valence-electron chi connectivity index (χ0n) is 17.9. The van der Waals surface area contributed by atoms with Crippen molar-refractivity contribution in [1.82, 2.24) is 15.3 Å². The van der Waals surface area contributed by atoms with Crippen molar-refractivity contribution in [3.63, 3.8) is 0 Å². The van der Waals surface area contributed by atoms with E-state index in [1.54, 1.807) is 48.5 Å². The quantitative estimate of drug-likeness (QED) is 0.439. The fraction of sp³-hybridized carbons (Fsp3) is 0.261. The monoisotopic (exact) mass is 457 g/mol. The Hall–Kier alpha value is -3.66. The number of amides is 1. The van der Waals surface area contributed by atoms with Crippen LogP contribution >= 0.6 is 0 Å². The average Bonchev–Trinajstić information content (AvgIpc) is 2.99. The van der Waals surface area contributed by atoms with Crippen LogP contribution in [0.25, 0.3) is 0 Å². The number of nitrogens with zero attached hydrogens (tertiary/aromatic N) is 2. The molecule has 2 heterocycles. The maximum atomic E-state index is 13.6. The van der Waals surface area contributed by atoms with Gasteiger partial charge in [0.15, 0.2) is 0 Å². The van der Waals surface area contributed by atoms with Gasteiger partial charge < -0.3 is 21.1 Å². The second-order valence-corrected chi connectivity index (χ2v) is 8.21. The molecular formula is C23H22F3N5O2. The summed E-state index contributed by atoms with van der Waals surface area (Å²) in [5.74, 6) is -0.707. The summed E-state index contributed by atoms with van der Waals surface area (Å²) >= 11 is 0. The SMILES string of the molecule is CC1(C)NC(=O)c2ccc(Nc3ncc(C(F)(F)F)c(NC(CO)c4ccccc4)n3)cc21. The molecule has 7 nitrogen and oxygen atoms in total. The second-order valence-electron chi connectivity index (χ2n) is 8.21. The number of hydrogen-bond acceptors (Lipinski definition) is 6. The predicted octanol–water partition coefficient (Wildman–Crippen LogP) is 4.36. The van der Waals surface area contributed by atoms with Gasteiger partial charge in [0.1, 0.15) is 11.4 Å². The summed E-state index contributed by atoms with van der Waals surface area (Å²) in [5.41, 5.74) is 0.793. The Kier molecular flexibility index (Phi) is 5.71. The van der Waals surface area contributed by atoms with E-state index < -0.39 is 35.7 Å². The highest BCUT2D eigenvalue weighted by Gasteiger charge is 2.37. The molecule has 2 aromatic carbocycles. The van der Waals surface area contributed by atoms with Crippen LogP contribution in [0.15, 0.2) is 54.7 Å². The highest BCUT2D eigenvalue weighted by Crippen LogP contribution is 2.36. The van der Waals surface area contributed by atoms with Gasteiger partial charge in [-0.15, -0.1) is 0 Å². The van der Waals surface area contributed by atoms with Crippen molar-refractivity contribution < 1.29 is 23.1 Å². The fourth-order valence-corrected chi connectivity index (χ4v) is 3.73. The van der Waals surface area contributed by atoms with Crippen LogP contribution < -0.4 is 16.0 Å². The van der Waals surface area contributed by atoms with Crippen molar-refractivity contribution in [2.45, 2.75) is 31.6 Å². The molecule has 0 aliphatic carbocycles. The van der Waals surface area contributed by atoms with E-state index in [2.05, 4.69) is 25.9 Å². The number of carbonyl (C=O) groups excluding carboxylic acids is 1. The van der Waals surface area contributed by atoms with Gasteiger partial charge in [0, 0.05) is 17.4 Å². The highest BCUT2D eigenvalue weighted by atomic mass is 19.4. The number of anilines is 3. The summed E-state index contributed by atoms with van der Waals surface area (Å²) in [6, 6.07) is 12.8. The lowest BCUT2D eigenvalue weighted by atomic mass is 9.94. The fourth-order valence-electron chi connectivity index (χ4n) is 3.73. The molecule has 1 amide bonds. The third kappa shape index (κ3) is 4.61. The van der Waals surface area contributed by atoms with Crippen LogP contribution in [0.5, 0.6) is 0 Å². The van der Waals surface area contributed by atoms with Crippen LogP contribution in [-0.2, 0) is 11.7 Å². The van der Waals surface area contributed by atoms with E-state index in [9.17, 15) is 23.1 Å². The van der Waals surface area contributed by atoms with Gasteiger partial charge in [0.2, 0.25) is 5.95 Å². The Balaban J connectivity index is 1.66. The number of halogens is 3. The number of aliphatic hydroxyl groups is 1. The molecule has 1 atom stereocenters. The first-order chi connectivity index (χ1) is 15.6. The minimum atomic E-state index is -4.69. The number of aromatic nitrogens is 2. The lowest BCUT2D eigenvalue weighted by Gasteiger charge is -2.21. The summed E-state index contributed by atoms with van der Waals surface area (Å²) in [7, 11) is 0. The average molecular weight is 457 g/mol. The van der Waals surface area contributed by atoms with Crippen LogP contribution in [0, 0.1) is 0 Å². The summed E-state index contributed by atoms with van der Waals surface area (Å²) < 4.78 is 40.8. The Morgan fingerprint density at radius 3 is 2.55 bits per heavy atom. The molecule has 4 rings (SSSR count).